The van der Waals surface area contributed by atoms with Crippen LogP contribution in [0.15, 0.2) is 90.2 Å². The van der Waals surface area contributed by atoms with Crippen LogP contribution in [0, 0.1) is 0 Å². The van der Waals surface area contributed by atoms with Gasteiger partial charge >= 0.3 is 0 Å². The molecule has 37 heavy (non-hydrogen) atoms. The van der Waals surface area contributed by atoms with Gasteiger partial charge in [0.2, 0.25) is 0 Å². The molecule has 0 radical (unpaired) electrons. The van der Waals surface area contributed by atoms with E-state index in [1.54, 1.807) is 0 Å². The third-order valence-electron chi connectivity index (χ3n) is 6.87. The Hall–Kier alpha value is -3.86. The van der Waals surface area contributed by atoms with Gasteiger partial charge in [-0.1, -0.05) is 48.6 Å². The standard InChI is InChI=1S/C32H39N5/c1-5-35(6-2)29-19-13-26(14-20-29)12-18-28-25-31(37(34-28)32-11-9-10-24-33-32)23-17-27-15-21-30(22-16-27)36(7-3)8-4/h9-24,31H,5-8,25H2,1-4H3. The van der Waals surface area contributed by atoms with E-state index in [9.17, 15) is 0 Å². The zero-order chi connectivity index (χ0) is 26.0. The molecule has 0 spiro atoms. The van der Waals surface area contributed by atoms with Gasteiger partial charge in [-0.2, -0.15) is 5.10 Å². The van der Waals surface area contributed by atoms with Gasteiger partial charge in [0, 0.05) is 50.2 Å². The van der Waals surface area contributed by atoms with Crippen LogP contribution in [0.25, 0.3) is 12.2 Å². The molecule has 1 aliphatic heterocycles. The van der Waals surface area contributed by atoms with Crippen molar-refractivity contribution in [1.82, 2.24) is 4.98 Å². The Morgan fingerprint density at radius 3 is 1.81 bits per heavy atom. The number of allylic oxidation sites excluding steroid dienone is 1. The normalized spacial score (nSPS) is 15.5. The van der Waals surface area contributed by atoms with E-state index in [2.05, 4.69) is 115 Å². The first-order valence-corrected chi connectivity index (χ1v) is 13.5. The van der Waals surface area contributed by atoms with E-state index < -0.39 is 0 Å². The van der Waals surface area contributed by atoms with Crippen molar-refractivity contribution in [1.29, 1.82) is 0 Å². The second kappa shape index (κ2) is 12.9. The van der Waals surface area contributed by atoms with Gasteiger partial charge in [-0.05, 0) is 81.3 Å². The smallest absolute Gasteiger partial charge is 0.149 e. The van der Waals surface area contributed by atoms with Crippen molar-refractivity contribution in [3.63, 3.8) is 0 Å². The number of benzene rings is 2. The first kappa shape index (κ1) is 26.2. The number of aromatic nitrogens is 1. The molecule has 5 nitrogen and oxygen atoms in total. The number of rotatable bonds is 11. The first-order chi connectivity index (χ1) is 18.1. The number of hydrazone groups is 1. The Balaban J connectivity index is 1.49. The number of anilines is 3. The van der Waals surface area contributed by atoms with Gasteiger partial charge in [0.1, 0.15) is 5.82 Å². The summed E-state index contributed by atoms with van der Waals surface area (Å²) in [5.74, 6) is 0.862. The van der Waals surface area contributed by atoms with Crippen molar-refractivity contribution in [2.75, 3.05) is 41.0 Å². The molecule has 5 heteroatoms. The Bertz CT molecular complexity index is 1190. The van der Waals surface area contributed by atoms with Crippen LogP contribution in [0.2, 0.25) is 0 Å². The van der Waals surface area contributed by atoms with Gasteiger partial charge in [-0.15, -0.1) is 0 Å². The minimum absolute atomic E-state index is 0.113. The average molecular weight is 494 g/mol. The lowest BCUT2D eigenvalue weighted by molar-refractivity contribution is 0.776. The summed E-state index contributed by atoms with van der Waals surface area (Å²) in [7, 11) is 0. The molecular weight excluding hydrogens is 454 g/mol. The van der Waals surface area contributed by atoms with Gasteiger partial charge in [-0.25, -0.2) is 9.99 Å². The second-order valence-electron chi connectivity index (χ2n) is 9.12. The molecular formula is C32H39N5. The predicted molar refractivity (Wildman–Crippen MR) is 161 cm³/mol. The fraction of sp³-hybridized carbons (Fsp3) is 0.312. The van der Waals surface area contributed by atoms with E-state index in [1.807, 2.05) is 29.4 Å². The van der Waals surface area contributed by atoms with E-state index in [0.717, 1.165) is 44.1 Å². The molecule has 0 saturated heterocycles. The average Bonchev–Trinajstić information content (AvgIpc) is 3.37. The topological polar surface area (TPSA) is 35.0 Å². The van der Waals surface area contributed by atoms with Crippen molar-refractivity contribution in [3.05, 3.63) is 96.2 Å². The van der Waals surface area contributed by atoms with Crippen LogP contribution in [0.5, 0.6) is 0 Å². The van der Waals surface area contributed by atoms with Crippen LogP contribution in [0.1, 0.15) is 45.2 Å². The Morgan fingerprint density at radius 2 is 1.30 bits per heavy atom. The molecule has 192 valence electrons. The zero-order valence-electron chi connectivity index (χ0n) is 22.6. The quantitative estimate of drug-likeness (QED) is 0.284. The summed E-state index contributed by atoms with van der Waals surface area (Å²) in [6, 6.07) is 23.6. The molecule has 1 aromatic heterocycles. The van der Waals surface area contributed by atoms with Crippen LogP contribution in [-0.4, -0.2) is 42.9 Å². The summed E-state index contributed by atoms with van der Waals surface area (Å²) < 4.78 is 0. The number of pyridine rings is 1. The second-order valence-corrected chi connectivity index (χ2v) is 9.12. The van der Waals surface area contributed by atoms with Gasteiger partial charge in [0.25, 0.3) is 0 Å². The molecule has 1 aliphatic rings. The molecule has 0 bridgehead atoms. The predicted octanol–water partition coefficient (Wildman–Crippen LogP) is 7.14. The molecule has 0 N–H and O–H groups in total. The highest BCUT2D eigenvalue weighted by atomic mass is 15.5. The maximum atomic E-state index is 4.93. The molecule has 1 unspecified atom stereocenters. The van der Waals surface area contributed by atoms with Crippen LogP contribution >= 0.6 is 0 Å². The van der Waals surface area contributed by atoms with Gasteiger partial charge in [-0.3, -0.25) is 0 Å². The van der Waals surface area contributed by atoms with E-state index in [1.165, 1.54) is 22.5 Å². The fourth-order valence-corrected chi connectivity index (χ4v) is 4.70. The minimum atomic E-state index is 0.113. The maximum Gasteiger partial charge on any atom is 0.149 e. The molecule has 0 fully saturated rings. The Kier molecular flexibility index (Phi) is 9.14. The number of hydrogen-bond donors (Lipinski definition) is 0. The van der Waals surface area contributed by atoms with Gasteiger partial charge in [0.15, 0.2) is 0 Å². The number of nitrogens with zero attached hydrogens (tertiary/aromatic N) is 5. The first-order valence-electron chi connectivity index (χ1n) is 13.5. The van der Waals surface area contributed by atoms with Crippen LogP contribution in [0.3, 0.4) is 0 Å². The molecule has 4 rings (SSSR count). The molecule has 2 heterocycles. The SMILES string of the molecule is CCN(CC)c1ccc(C=CC2=NN(c3ccccn3)C(C=Cc3ccc(N(CC)CC)cc3)C2)cc1. The van der Waals surface area contributed by atoms with Gasteiger partial charge < -0.3 is 9.80 Å². The molecule has 0 aliphatic carbocycles. The van der Waals surface area contributed by atoms with Crippen molar-refractivity contribution in [2.45, 2.75) is 40.2 Å². The van der Waals surface area contributed by atoms with Crippen molar-refractivity contribution >= 4 is 35.1 Å². The lowest BCUT2D eigenvalue weighted by atomic mass is 10.1. The summed E-state index contributed by atoms with van der Waals surface area (Å²) >= 11 is 0. The van der Waals surface area contributed by atoms with Crippen molar-refractivity contribution < 1.29 is 0 Å². The zero-order valence-corrected chi connectivity index (χ0v) is 22.6. The highest BCUT2D eigenvalue weighted by molar-refractivity contribution is 6.01. The van der Waals surface area contributed by atoms with Crippen LogP contribution in [0.4, 0.5) is 17.2 Å². The molecule has 0 saturated carbocycles. The lowest BCUT2D eigenvalue weighted by Gasteiger charge is -2.21. The van der Waals surface area contributed by atoms with Crippen LogP contribution < -0.4 is 14.8 Å². The Morgan fingerprint density at radius 1 is 0.730 bits per heavy atom. The van der Waals surface area contributed by atoms with E-state index in [0.29, 0.717) is 0 Å². The summed E-state index contributed by atoms with van der Waals surface area (Å²) in [5, 5.41) is 6.97. The van der Waals surface area contributed by atoms with Crippen LogP contribution in [-0.2, 0) is 0 Å². The van der Waals surface area contributed by atoms with E-state index in [4.69, 9.17) is 5.10 Å². The summed E-state index contributed by atoms with van der Waals surface area (Å²) in [6.07, 6.45) is 11.4. The third-order valence-corrected chi connectivity index (χ3v) is 6.87. The maximum absolute atomic E-state index is 4.93. The molecule has 1 atom stereocenters. The molecule has 3 aromatic rings. The van der Waals surface area contributed by atoms with Crippen molar-refractivity contribution in [2.24, 2.45) is 5.10 Å². The fourth-order valence-electron chi connectivity index (χ4n) is 4.70. The van der Waals surface area contributed by atoms with Crippen molar-refractivity contribution in [3.8, 4) is 0 Å². The third kappa shape index (κ3) is 6.67. The Labute approximate surface area is 222 Å². The van der Waals surface area contributed by atoms with Gasteiger partial charge in [0.05, 0.1) is 11.8 Å². The number of hydrogen-bond acceptors (Lipinski definition) is 5. The van der Waals surface area contributed by atoms with E-state index in [-0.39, 0.29) is 6.04 Å². The minimum Gasteiger partial charge on any atom is -0.372 e. The lowest BCUT2D eigenvalue weighted by Crippen LogP contribution is -2.24. The molecule has 2 aromatic carbocycles. The summed E-state index contributed by atoms with van der Waals surface area (Å²) in [5.41, 5.74) is 5.94. The monoisotopic (exact) mass is 493 g/mol. The highest BCUT2D eigenvalue weighted by Gasteiger charge is 2.25. The summed E-state index contributed by atoms with van der Waals surface area (Å²) in [6.45, 7) is 12.8. The molecule has 0 amide bonds. The summed E-state index contributed by atoms with van der Waals surface area (Å²) in [4.78, 5) is 9.27. The largest absolute Gasteiger partial charge is 0.372 e. The highest BCUT2D eigenvalue weighted by Crippen LogP contribution is 2.25. The van der Waals surface area contributed by atoms with E-state index >= 15 is 0 Å².